The molecule has 1 atom stereocenters. The first-order valence-corrected chi connectivity index (χ1v) is 7.59. The summed E-state index contributed by atoms with van der Waals surface area (Å²) in [6.07, 6.45) is 0.921. The van der Waals surface area contributed by atoms with Crippen molar-refractivity contribution >= 4 is 17.2 Å². The maximum absolute atomic E-state index is 12.5. The highest BCUT2D eigenvalue weighted by molar-refractivity contribution is 7.09. The summed E-state index contributed by atoms with van der Waals surface area (Å²) in [5.74, 6) is 0.261. The van der Waals surface area contributed by atoms with Gasteiger partial charge in [-0.3, -0.25) is 9.69 Å². The van der Waals surface area contributed by atoms with Crippen LogP contribution in [0.25, 0.3) is 0 Å². The third-order valence-electron chi connectivity index (χ3n) is 3.76. The van der Waals surface area contributed by atoms with Gasteiger partial charge < -0.3 is 4.90 Å². The second-order valence-corrected chi connectivity index (χ2v) is 7.18. The summed E-state index contributed by atoms with van der Waals surface area (Å²) in [6, 6.07) is 0.0146. The Kier molecular flexibility index (Phi) is 3.97. The molecule has 0 aromatic carbocycles. The van der Waals surface area contributed by atoms with Gasteiger partial charge >= 0.3 is 0 Å². The van der Waals surface area contributed by atoms with Crippen molar-refractivity contribution in [2.75, 3.05) is 13.6 Å². The van der Waals surface area contributed by atoms with Crippen molar-refractivity contribution in [2.24, 2.45) is 0 Å². The van der Waals surface area contributed by atoms with Gasteiger partial charge in [-0.25, -0.2) is 4.98 Å². The Bertz CT molecular complexity index is 464. The Labute approximate surface area is 119 Å². The number of rotatable bonds is 3. The molecule has 1 aliphatic heterocycles. The first-order valence-electron chi connectivity index (χ1n) is 6.71. The lowest BCUT2D eigenvalue weighted by Gasteiger charge is -2.33. The molecule has 1 fully saturated rings. The number of likely N-dealkylation sites (N-methyl/N-ethyl adjacent to an activating group) is 1. The van der Waals surface area contributed by atoms with E-state index >= 15 is 0 Å². The van der Waals surface area contributed by atoms with Gasteiger partial charge in [-0.2, -0.15) is 0 Å². The van der Waals surface area contributed by atoms with Gasteiger partial charge in [0.05, 0.1) is 17.2 Å². The number of amides is 1. The number of aryl methyl sites for hydroxylation is 1. The molecule has 1 aromatic heterocycles. The highest BCUT2D eigenvalue weighted by Gasteiger charge is 2.39. The first-order chi connectivity index (χ1) is 8.80. The van der Waals surface area contributed by atoms with Crippen LogP contribution >= 0.6 is 11.3 Å². The van der Waals surface area contributed by atoms with Crippen LogP contribution in [0.15, 0.2) is 5.51 Å². The molecule has 0 N–H and O–H groups in total. The second kappa shape index (κ2) is 5.21. The number of thiazole rings is 1. The summed E-state index contributed by atoms with van der Waals surface area (Å²) in [7, 11) is 2.04. The minimum absolute atomic E-state index is 0.0146. The SMILES string of the molecule is Cc1ncsc1CN(C)C1CCN(C(C)(C)C)C1=O. The number of aromatic nitrogens is 1. The van der Waals surface area contributed by atoms with Crippen LogP contribution in [-0.4, -0.2) is 45.9 Å². The van der Waals surface area contributed by atoms with Crippen LogP contribution < -0.4 is 0 Å². The monoisotopic (exact) mass is 281 g/mol. The van der Waals surface area contributed by atoms with Crippen molar-refractivity contribution in [1.82, 2.24) is 14.8 Å². The highest BCUT2D eigenvalue weighted by atomic mass is 32.1. The zero-order valence-corrected chi connectivity index (χ0v) is 13.3. The zero-order chi connectivity index (χ0) is 14.2. The Balaban J connectivity index is 2.04. The number of likely N-dealkylation sites (tertiary alicyclic amines) is 1. The average Bonchev–Trinajstić information content (AvgIpc) is 2.85. The fourth-order valence-corrected chi connectivity index (χ4v) is 3.39. The predicted molar refractivity (Wildman–Crippen MR) is 78.2 cm³/mol. The van der Waals surface area contributed by atoms with Crippen molar-refractivity contribution in [3.63, 3.8) is 0 Å². The fraction of sp³-hybridized carbons (Fsp3) is 0.714. The number of hydrogen-bond acceptors (Lipinski definition) is 4. The summed E-state index contributed by atoms with van der Waals surface area (Å²) in [5, 5.41) is 0. The zero-order valence-electron chi connectivity index (χ0n) is 12.4. The van der Waals surface area contributed by atoms with Crippen LogP contribution in [0, 0.1) is 6.92 Å². The van der Waals surface area contributed by atoms with Gasteiger partial charge in [0.15, 0.2) is 0 Å². The number of carbonyl (C=O) groups excluding carboxylic acids is 1. The van der Waals surface area contributed by atoms with Crippen LogP contribution in [-0.2, 0) is 11.3 Å². The Hall–Kier alpha value is -0.940. The molecule has 1 unspecified atom stereocenters. The molecule has 0 spiro atoms. The van der Waals surface area contributed by atoms with Crippen LogP contribution in [0.1, 0.15) is 37.8 Å². The van der Waals surface area contributed by atoms with Crippen LogP contribution in [0.2, 0.25) is 0 Å². The summed E-state index contributed by atoms with van der Waals surface area (Å²) in [6.45, 7) is 9.99. The van der Waals surface area contributed by atoms with E-state index in [1.807, 2.05) is 24.4 Å². The molecule has 1 aromatic rings. The molecule has 0 radical (unpaired) electrons. The van der Waals surface area contributed by atoms with Gasteiger partial charge in [0.1, 0.15) is 0 Å². The van der Waals surface area contributed by atoms with E-state index in [-0.39, 0.29) is 17.5 Å². The molecule has 0 bridgehead atoms. The molecule has 5 heteroatoms. The minimum atomic E-state index is -0.0763. The number of nitrogens with zero attached hydrogens (tertiary/aromatic N) is 3. The Morgan fingerprint density at radius 3 is 2.68 bits per heavy atom. The molecule has 1 saturated heterocycles. The number of carbonyl (C=O) groups is 1. The van der Waals surface area contributed by atoms with E-state index in [0.29, 0.717) is 0 Å². The lowest BCUT2D eigenvalue weighted by molar-refractivity contribution is -0.135. The highest BCUT2D eigenvalue weighted by Crippen LogP contribution is 2.26. The van der Waals surface area contributed by atoms with Crippen LogP contribution in [0.4, 0.5) is 0 Å². The molecule has 0 aliphatic carbocycles. The van der Waals surface area contributed by atoms with Crippen molar-refractivity contribution in [2.45, 2.75) is 52.2 Å². The lowest BCUT2D eigenvalue weighted by Crippen LogP contribution is -2.46. The van der Waals surface area contributed by atoms with Crippen molar-refractivity contribution in [1.29, 1.82) is 0 Å². The predicted octanol–water partition coefficient (Wildman–Crippen LogP) is 2.28. The van der Waals surface area contributed by atoms with Crippen molar-refractivity contribution in [3.8, 4) is 0 Å². The Morgan fingerprint density at radius 2 is 2.21 bits per heavy atom. The van der Waals surface area contributed by atoms with Gasteiger partial charge in [-0.05, 0) is 41.2 Å². The summed E-state index contributed by atoms with van der Waals surface area (Å²) < 4.78 is 0. The fourth-order valence-electron chi connectivity index (χ4n) is 2.55. The molecule has 0 saturated carbocycles. The molecule has 2 heterocycles. The summed E-state index contributed by atoms with van der Waals surface area (Å²) in [4.78, 5) is 22.2. The standard InChI is InChI=1S/C14H23N3OS/c1-10-12(19-9-15-10)8-16(5)11-6-7-17(13(11)18)14(2,3)4/h9,11H,6-8H2,1-5H3. The smallest absolute Gasteiger partial charge is 0.240 e. The molecule has 4 nitrogen and oxygen atoms in total. The van der Waals surface area contributed by atoms with Gasteiger partial charge in [0, 0.05) is 23.5 Å². The van der Waals surface area contributed by atoms with Gasteiger partial charge in [0.2, 0.25) is 5.91 Å². The molecular weight excluding hydrogens is 258 g/mol. The van der Waals surface area contributed by atoms with E-state index < -0.39 is 0 Å². The van der Waals surface area contributed by atoms with Crippen molar-refractivity contribution in [3.05, 3.63) is 16.1 Å². The van der Waals surface area contributed by atoms with E-state index in [9.17, 15) is 4.79 Å². The molecule has 106 valence electrons. The molecule has 19 heavy (non-hydrogen) atoms. The van der Waals surface area contributed by atoms with Gasteiger partial charge in [-0.1, -0.05) is 0 Å². The quantitative estimate of drug-likeness (QED) is 0.853. The van der Waals surface area contributed by atoms with Crippen LogP contribution in [0.5, 0.6) is 0 Å². The third-order valence-corrected chi connectivity index (χ3v) is 4.68. The van der Waals surface area contributed by atoms with Crippen molar-refractivity contribution < 1.29 is 4.79 Å². The molecular formula is C14H23N3OS. The molecule has 1 aliphatic rings. The van der Waals surface area contributed by atoms with E-state index in [1.54, 1.807) is 11.3 Å². The summed E-state index contributed by atoms with van der Waals surface area (Å²) >= 11 is 1.67. The molecule has 2 rings (SSSR count). The van der Waals surface area contributed by atoms with E-state index in [2.05, 4.69) is 30.7 Å². The average molecular weight is 281 g/mol. The maximum Gasteiger partial charge on any atom is 0.240 e. The van der Waals surface area contributed by atoms with E-state index in [1.165, 1.54) is 4.88 Å². The largest absolute Gasteiger partial charge is 0.336 e. The lowest BCUT2D eigenvalue weighted by atomic mass is 10.1. The van der Waals surface area contributed by atoms with Crippen LogP contribution in [0.3, 0.4) is 0 Å². The van der Waals surface area contributed by atoms with Gasteiger partial charge in [-0.15, -0.1) is 11.3 Å². The Morgan fingerprint density at radius 1 is 1.53 bits per heavy atom. The summed E-state index contributed by atoms with van der Waals surface area (Å²) in [5.41, 5.74) is 2.87. The van der Waals surface area contributed by atoms with E-state index in [0.717, 1.165) is 25.2 Å². The third kappa shape index (κ3) is 2.98. The minimum Gasteiger partial charge on any atom is -0.336 e. The second-order valence-electron chi connectivity index (χ2n) is 6.24. The first kappa shape index (κ1) is 14.5. The normalized spacial score (nSPS) is 20.6. The maximum atomic E-state index is 12.5. The topological polar surface area (TPSA) is 36.4 Å². The van der Waals surface area contributed by atoms with E-state index in [4.69, 9.17) is 0 Å². The number of hydrogen-bond donors (Lipinski definition) is 0. The molecule has 1 amide bonds. The van der Waals surface area contributed by atoms with Gasteiger partial charge in [0.25, 0.3) is 0 Å².